The number of likely N-dealkylation sites (N-methyl/N-ethyl adjacent to an activating group) is 1. The highest BCUT2D eigenvalue weighted by molar-refractivity contribution is 4.96. The zero-order valence-electron chi connectivity index (χ0n) is 5.37. The lowest BCUT2D eigenvalue weighted by atomic mass is 10.3. The fourth-order valence-corrected chi connectivity index (χ4v) is 0.743. The summed E-state index contributed by atoms with van der Waals surface area (Å²) in [7, 11) is 1.94. The van der Waals surface area contributed by atoms with Crippen LogP contribution >= 0.6 is 0 Å². The van der Waals surface area contributed by atoms with Crippen molar-refractivity contribution in [1.29, 1.82) is 5.26 Å². The van der Waals surface area contributed by atoms with E-state index in [2.05, 4.69) is 0 Å². The molecule has 0 aromatic carbocycles. The number of rotatable bonds is 0. The molecule has 0 N–H and O–H groups in total. The maximum absolute atomic E-state index is 8.38. The molecular weight excluding hydrogens is 116 g/mol. The normalized spacial score (nSPS) is 29.6. The number of hydrogen-bond donors (Lipinski definition) is 0. The van der Waals surface area contributed by atoms with Crippen molar-refractivity contribution < 1.29 is 4.74 Å². The van der Waals surface area contributed by atoms with Crippen molar-refractivity contribution in [2.24, 2.45) is 0 Å². The molecule has 0 aromatic heterocycles. The lowest BCUT2D eigenvalue weighted by molar-refractivity contribution is 0.0403. The summed E-state index contributed by atoms with van der Waals surface area (Å²) in [5.74, 6) is 0. The van der Waals surface area contributed by atoms with Crippen molar-refractivity contribution in [2.75, 3.05) is 20.2 Å². The third-order valence-electron chi connectivity index (χ3n) is 1.26. The van der Waals surface area contributed by atoms with E-state index in [0.717, 1.165) is 6.54 Å². The van der Waals surface area contributed by atoms with E-state index in [0.29, 0.717) is 6.61 Å². The Kier molecular flexibility index (Phi) is 2.04. The Bertz CT molecular complexity index is 130. The highest BCUT2D eigenvalue weighted by Crippen LogP contribution is 2.04. The number of morpholine rings is 1. The Morgan fingerprint density at radius 1 is 1.89 bits per heavy atom. The first-order valence-corrected chi connectivity index (χ1v) is 2.89. The van der Waals surface area contributed by atoms with Crippen LogP contribution in [-0.4, -0.2) is 31.2 Å². The predicted molar refractivity (Wildman–Crippen MR) is 32.3 cm³/mol. The van der Waals surface area contributed by atoms with Crippen LogP contribution in [0.25, 0.3) is 0 Å². The topological polar surface area (TPSA) is 36.3 Å². The fourth-order valence-electron chi connectivity index (χ4n) is 0.743. The summed E-state index contributed by atoms with van der Waals surface area (Å²) in [6.07, 6.45) is -0.330. The first kappa shape index (κ1) is 6.53. The van der Waals surface area contributed by atoms with Gasteiger partial charge in [0.15, 0.2) is 6.10 Å². The van der Waals surface area contributed by atoms with Gasteiger partial charge in [0, 0.05) is 6.54 Å². The molecule has 1 atom stereocenters. The molecule has 0 bridgehead atoms. The van der Waals surface area contributed by atoms with Gasteiger partial charge in [-0.1, -0.05) is 0 Å². The van der Waals surface area contributed by atoms with Crippen LogP contribution in [0.15, 0.2) is 0 Å². The summed E-state index contributed by atoms with van der Waals surface area (Å²) < 4.78 is 5.04. The van der Waals surface area contributed by atoms with Gasteiger partial charge in [-0.25, -0.2) is 0 Å². The van der Waals surface area contributed by atoms with E-state index >= 15 is 0 Å². The summed E-state index contributed by atoms with van der Waals surface area (Å²) >= 11 is 0. The standard InChI is InChI=1S/C6H9N2O/c1-8-2-3-9-6(4-7)5-8/h5-6H,2-3H2,1H3. The summed E-state index contributed by atoms with van der Waals surface area (Å²) in [4.78, 5) is 1.97. The molecule has 1 aliphatic rings. The van der Waals surface area contributed by atoms with Crippen LogP contribution < -0.4 is 0 Å². The van der Waals surface area contributed by atoms with E-state index in [1.165, 1.54) is 0 Å². The van der Waals surface area contributed by atoms with Crippen LogP contribution in [0.1, 0.15) is 0 Å². The Hall–Kier alpha value is -0.590. The van der Waals surface area contributed by atoms with E-state index in [-0.39, 0.29) is 6.10 Å². The van der Waals surface area contributed by atoms with Crippen LogP contribution in [0.2, 0.25) is 0 Å². The lowest BCUT2D eigenvalue weighted by Crippen LogP contribution is -2.34. The van der Waals surface area contributed by atoms with Crippen molar-refractivity contribution in [3.8, 4) is 6.07 Å². The first-order chi connectivity index (χ1) is 4.33. The molecule has 1 aliphatic heterocycles. The summed E-state index contributed by atoms with van der Waals surface area (Å²) in [5, 5.41) is 8.38. The van der Waals surface area contributed by atoms with Gasteiger partial charge < -0.3 is 4.74 Å². The molecule has 0 saturated carbocycles. The van der Waals surface area contributed by atoms with Crippen LogP contribution in [0.5, 0.6) is 0 Å². The molecule has 1 unspecified atom stereocenters. The molecule has 0 aromatic rings. The van der Waals surface area contributed by atoms with Gasteiger partial charge in [0.05, 0.1) is 19.2 Å². The number of hydrogen-bond acceptors (Lipinski definition) is 3. The minimum atomic E-state index is -0.330. The summed E-state index contributed by atoms with van der Waals surface area (Å²) in [6, 6.07) is 2.01. The molecule has 49 valence electrons. The molecular formula is C6H9N2O. The van der Waals surface area contributed by atoms with Gasteiger partial charge in [0.25, 0.3) is 0 Å². The molecule has 3 nitrogen and oxygen atoms in total. The van der Waals surface area contributed by atoms with E-state index in [9.17, 15) is 0 Å². The Morgan fingerprint density at radius 2 is 2.67 bits per heavy atom. The average Bonchev–Trinajstić information content (AvgIpc) is 1.88. The predicted octanol–water partition coefficient (Wildman–Crippen LogP) is 0.00237. The van der Waals surface area contributed by atoms with E-state index in [4.69, 9.17) is 10.00 Å². The minimum Gasteiger partial charge on any atom is -0.360 e. The Balaban J connectivity index is 2.34. The van der Waals surface area contributed by atoms with Gasteiger partial charge in [0.2, 0.25) is 0 Å². The van der Waals surface area contributed by atoms with Gasteiger partial charge in [-0.05, 0) is 7.05 Å². The van der Waals surface area contributed by atoms with E-state index < -0.39 is 0 Å². The molecule has 1 fully saturated rings. The van der Waals surface area contributed by atoms with Crippen LogP contribution in [0.4, 0.5) is 0 Å². The molecule has 9 heavy (non-hydrogen) atoms. The smallest absolute Gasteiger partial charge is 0.161 e. The quantitative estimate of drug-likeness (QED) is 0.457. The largest absolute Gasteiger partial charge is 0.360 e. The number of ether oxygens (including phenoxy) is 1. The van der Waals surface area contributed by atoms with Crippen molar-refractivity contribution in [2.45, 2.75) is 6.10 Å². The highest BCUT2D eigenvalue weighted by Gasteiger charge is 2.16. The zero-order chi connectivity index (χ0) is 6.69. The van der Waals surface area contributed by atoms with Crippen molar-refractivity contribution >= 4 is 0 Å². The SMILES string of the molecule is CN1[CH]C(C#N)OCC1. The molecule has 0 spiro atoms. The Labute approximate surface area is 54.8 Å². The maximum Gasteiger partial charge on any atom is 0.161 e. The molecule has 1 saturated heterocycles. The van der Waals surface area contributed by atoms with Gasteiger partial charge in [-0.15, -0.1) is 0 Å². The molecule has 1 heterocycles. The molecule has 0 amide bonds. The first-order valence-electron chi connectivity index (χ1n) is 2.89. The number of nitrogens with zero attached hydrogens (tertiary/aromatic N) is 2. The second-order valence-corrected chi connectivity index (χ2v) is 2.05. The minimum absolute atomic E-state index is 0.330. The third-order valence-corrected chi connectivity index (χ3v) is 1.26. The monoisotopic (exact) mass is 125 g/mol. The second-order valence-electron chi connectivity index (χ2n) is 2.05. The Morgan fingerprint density at radius 3 is 3.11 bits per heavy atom. The molecule has 1 rings (SSSR count). The fraction of sp³-hybridized carbons (Fsp3) is 0.667. The summed E-state index contributed by atoms with van der Waals surface area (Å²) in [5.41, 5.74) is 0. The molecule has 3 heteroatoms. The van der Waals surface area contributed by atoms with Crippen molar-refractivity contribution in [3.05, 3.63) is 6.54 Å². The molecule has 1 radical (unpaired) electrons. The van der Waals surface area contributed by atoms with Gasteiger partial charge in [0.1, 0.15) is 0 Å². The third kappa shape index (κ3) is 1.67. The van der Waals surface area contributed by atoms with Gasteiger partial charge in [-0.2, -0.15) is 5.26 Å². The van der Waals surface area contributed by atoms with Gasteiger partial charge in [-0.3, -0.25) is 4.90 Å². The summed E-state index contributed by atoms with van der Waals surface area (Å²) in [6.45, 7) is 3.33. The van der Waals surface area contributed by atoms with Gasteiger partial charge >= 0.3 is 0 Å². The van der Waals surface area contributed by atoms with Crippen molar-refractivity contribution in [1.82, 2.24) is 4.90 Å². The lowest BCUT2D eigenvalue weighted by Gasteiger charge is -2.24. The van der Waals surface area contributed by atoms with E-state index in [1.807, 2.05) is 18.0 Å². The van der Waals surface area contributed by atoms with Crippen molar-refractivity contribution in [3.63, 3.8) is 0 Å². The van der Waals surface area contributed by atoms with Crippen LogP contribution in [-0.2, 0) is 4.74 Å². The zero-order valence-corrected chi connectivity index (χ0v) is 5.37. The van der Waals surface area contributed by atoms with Crippen LogP contribution in [0, 0.1) is 17.9 Å². The number of nitriles is 1. The highest BCUT2D eigenvalue weighted by atomic mass is 16.5. The second kappa shape index (κ2) is 2.81. The molecule has 0 aliphatic carbocycles. The van der Waals surface area contributed by atoms with E-state index in [1.54, 1.807) is 6.54 Å². The van der Waals surface area contributed by atoms with Crippen LogP contribution in [0.3, 0.4) is 0 Å². The maximum atomic E-state index is 8.38. The average molecular weight is 125 g/mol.